The van der Waals surface area contributed by atoms with Crippen LogP contribution in [0.5, 0.6) is 0 Å². The van der Waals surface area contributed by atoms with Crippen LogP contribution in [0.4, 0.5) is 10.8 Å². The minimum Gasteiger partial charge on any atom is -0.321 e. The van der Waals surface area contributed by atoms with Gasteiger partial charge in [0.2, 0.25) is 0 Å². The average Bonchev–Trinajstić information content (AvgIpc) is 3.12. The van der Waals surface area contributed by atoms with Gasteiger partial charge in [0.25, 0.3) is 15.9 Å². The van der Waals surface area contributed by atoms with Crippen molar-refractivity contribution < 1.29 is 13.2 Å². The maximum absolute atomic E-state index is 12.3. The molecular weight excluding hydrogens is 455 g/mol. The second-order valence-corrected chi connectivity index (χ2v) is 8.74. The van der Waals surface area contributed by atoms with Crippen molar-refractivity contribution in [3.8, 4) is 0 Å². The number of carbonyl (C=O) groups excluding carboxylic acids is 1. The maximum atomic E-state index is 12.3. The van der Waals surface area contributed by atoms with Crippen LogP contribution in [0.1, 0.15) is 10.5 Å². The van der Waals surface area contributed by atoms with E-state index in [9.17, 15) is 13.2 Å². The lowest BCUT2D eigenvalue weighted by atomic mass is 10.3. The molecule has 2 heterocycles. The molecule has 0 fully saturated rings. The largest absolute Gasteiger partial charge is 0.321 e. The minimum atomic E-state index is -3.78. The fraction of sp³-hybridized carbons (Fsp3) is 0. The van der Waals surface area contributed by atoms with Gasteiger partial charge < -0.3 is 5.32 Å². The van der Waals surface area contributed by atoms with Gasteiger partial charge in [-0.1, -0.05) is 34.8 Å². The number of hydrogen-bond donors (Lipinski definition) is 2. The van der Waals surface area contributed by atoms with Gasteiger partial charge in [0.1, 0.15) is 5.69 Å². The molecule has 0 aliphatic carbocycles. The zero-order chi connectivity index (χ0) is 19.6. The molecule has 2 N–H and O–H groups in total. The standard InChI is InChI=1S/C15H9Cl3N4O3S2/c16-10-7-20-13(12(18)11(10)17)14(23)21-8-1-3-9(4-2-8)27(24,25)22-15-19-5-6-26-15/h1-7H,(H,19,22)(H,21,23). The molecule has 0 aliphatic rings. The highest BCUT2D eigenvalue weighted by Crippen LogP contribution is 2.31. The zero-order valence-corrected chi connectivity index (χ0v) is 17.0. The quantitative estimate of drug-likeness (QED) is 0.578. The molecule has 2 aromatic heterocycles. The highest BCUT2D eigenvalue weighted by atomic mass is 35.5. The summed E-state index contributed by atoms with van der Waals surface area (Å²) >= 11 is 18.8. The first-order valence-corrected chi connectivity index (χ1v) is 10.6. The van der Waals surface area contributed by atoms with Crippen LogP contribution >= 0.6 is 46.1 Å². The van der Waals surface area contributed by atoms with Crippen LogP contribution < -0.4 is 10.0 Å². The Bertz CT molecular complexity index is 1090. The molecule has 1 aromatic carbocycles. The van der Waals surface area contributed by atoms with Crippen molar-refractivity contribution in [2.24, 2.45) is 0 Å². The Morgan fingerprint density at radius 2 is 1.74 bits per heavy atom. The fourth-order valence-corrected chi connectivity index (χ4v) is 4.31. The van der Waals surface area contributed by atoms with E-state index in [4.69, 9.17) is 34.8 Å². The lowest BCUT2D eigenvalue weighted by molar-refractivity contribution is 0.102. The first-order chi connectivity index (χ1) is 12.8. The van der Waals surface area contributed by atoms with Crippen molar-refractivity contribution in [3.05, 3.63) is 62.8 Å². The predicted octanol–water partition coefficient (Wildman–Crippen LogP) is 4.55. The van der Waals surface area contributed by atoms with Crippen molar-refractivity contribution in [2.75, 3.05) is 10.0 Å². The third kappa shape index (κ3) is 4.50. The molecule has 0 saturated carbocycles. The van der Waals surface area contributed by atoms with Crippen LogP contribution in [-0.2, 0) is 10.0 Å². The SMILES string of the molecule is O=C(Nc1ccc(S(=O)(=O)Nc2nccs2)cc1)c1ncc(Cl)c(Cl)c1Cl. The molecule has 0 atom stereocenters. The second-order valence-electron chi connectivity index (χ2n) is 5.00. The fourth-order valence-electron chi connectivity index (χ4n) is 1.96. The van der Waals surface area contributed by atoms with Crippen molar-refractivity contribution in [3.63, 3.8) is 0 Å². The molecule has 0 bridgehead atoms. The topological polar surface area (TPSA) is 101 Å². The van der Waals surface area contributed by atoms with Crippen LogP contribution in [-0.4, -0.2) is 24.3 Å². The summed E-state index contributed by atoms with van der Waals surface area (Å²) in [7, 11) is -3.78. The Morgan fingerprint density at radius 1 is 1.04 bits per heavy atom. The number of nitrogens with zero attached hydrogens (tertiary/aromatic N) is 2. The van der Waals surface area contributed by atoms with Gasteiger partial charge in [-0.3, -0.25) is 9.52 Å². The smallest absolute Gasteiger partial charge is 0.275 e. The molecule has 12 heteroatoms. The van der Waals surface area contributed by atoms with Crippen LogP contribution in [0.3, 0.4) is 0 Å². The van der Waals surface area contributed by atoms with Gasteiger partial charge >= 0.3 is 0 Å². The lowest BCUT2D eigenvalue weighted by Gasteiger charge is -2.09. The summed E-state index contributed by atoms with van der Waals surface area (Å²) in [6.45, 7) is 0. The Balaban J connectivity index is 1.76. The third-order valence-corrected chi connectivity index (χ3v) is 6.62. The number of aromatic nitrogens is 2. The van der Waals surface area contributed by atoms with E-state index in [2.05, 4.69) is 20.0 Å². The van der Waals surface area contributed by atoms with E-state index in [0.29, 0.717) is 5.69 Å². The number of pyridine rings is 1. The number of benzene rings is 1. The minimum absolute atomic E-state index is 0.0152. The molecule has 0 aliphatic heterocycles. The summed E-state index contributed by atoms with van der Waals surface area (Å²) < 4.78 is 26.9. The van der Waals surface area contributed by atoms with Gasteiger partial charge in [0.05, 0.1) is 20.0 Å². The molecule has 0 saturated heterocycles. The number of thiazole rings is 1. The van der Waals surface area contributed by atoms with Crippen molar-refractivity contribution >= 4 is 72.9 Å². The normalized spacial score (nSPS) is 11.2. The molecule has 3 rings (SSSR count). The Morgan fingerprint density at radius 3 is 2.37 bits per heavy atom. The molecule has 3 aromatic rings. The van der Waals surface area contributed by atoms with Crippen molar-refractivity contribution in [1.29, 1.82) is 0 Å². The van der Waals surface area contributed by atoms with Gasteiger partial charge in [-0.05, 0) is 24.3 Å². The summed E-state index contributed by atoms with van der Waals surface area (Å²) in [6, 6.07) is 5.55. The molecule has 7 nitrogen and oxygen atoms in total. The van der Waals surface area contributed by atoms with E-state index in [1.165, 1.54) is 36.7 Å². The van der Waals surface area contributed by atoms with Gasteiger partial charge in [-0.2, -0.15) is 0 Å². The van der Waals surface area contributed by atoms with Crippen LogP contribution in [0.25, 0.3) is 0 Å². The van der Waals surface area contributed by atoms with E-state index < -0.39 is 15.9 Å². The van der Waals surface area contributed by atoms with Gasteiger partial charge in [0, 0.05) is 23.5 Å². The first kappa shape index (κ1) is 19.8. The van der Waals surface area contributed by atoms with Crippen LogP contribution in [0.15, 0.2) is 46.9 Å². The van der Waals surface area contributed by atoms with E-state index >= 15 is 0 Å². The van der Waals surface area contributed by atoms with Crippen molar-refractivity contribution in [2.45, 2.75) is 4.90 Å². The summed E-state index contributed by atoms with van der Waals surface area (Å²) in [6.07, 6.45) is 2.70. The third-order valence-electron chi connectivity index (χ3n) is 3.21. The number of rotatable bonds is 5. The van der Waals surface area contributed by atoms with Gasteiger partial charge in [0.15, 0.2) is 5.13 Å². The Labute approximate surface area is 173 Å². The number of hydrogen-bond acceptors (Lipinski definition) is 6. The summed E-state index contributed by atoms with van der Waals surface area (Å²) in [5, 5.41) is 4.54. The van der Waals surface area contributed by atoms with E-state index in [1.807, 2.05) is 0 Å². The molecule has 1 amide bonds. The number of amides is 1. The molecule has 0 radical (unpaired) electrons. The lowest BCUT2D eigenvalue weighted by Crippen LogP contribution is -2.15. The number of carbonyl (C=O) groups is 1. The average molecular weight is 464 g/mol. The number of nitrogens with one attached hydrogen (secondary N) is 2. The van der Waals surface area contributed by atoms with E-state index in [-0.39, 0.29) is 30.8 Å². The number of halogens is 3. The number of anilines is 2. The van der Waals surface area contributed by atoms with Crippen LogP contribution in [0.2, 0.25) is 15.1 Å². The Hall–Kier alpha value is -1.91. The first-order valence-electron chi connectivity index (χ1n) is 7.11. The molecule has 0 unspecified atom stereocenters. The van der Waals surface area contributed by atoms with E-state index in [1.54, 1.807) is 5.38 Å². The predicted molar refractivity (Wildman–Crippen MR) is 107 cm³/mol. The van der Waals surface area contributed by atoms with Gasteiger partial charge in [-0.15, -0.1) is 11.3 Å². The zero-order valence-electron chi connectivity index (χ0n) is 13.1. The molecule has 0 spiro atoms. The summed E-state index contributed by atoms with van der Waals surface area (Å²) in [4.78, 5) is 20.0. The Kier molecular flexibility index (Phi) is 5.87. The maximum Gasteiger partial charge on any atom is 0.275 e. The molecular formula is C15H9Cl3N4O3S2. The second kappa shape index (κ2) is 7.99. The molecule has 27 heavy (non-hydrogen) atoms. The van der Waals surface area contributed by atoms with E-state index in [0.717, 1.165) is 11.3 Å². The monoisotopic (exact) mass is 462 g/mol. The summed E-state index contributed by atoms with van der Waals surface area (Å²) in [5.74, 6) is -0.616. The summed E-state index contributed by atoms with van der Waals surface area (Å²) in [5.41, 5.74) is 0.241. The van der Waals surface area contributed by atoms with Crippen LogP contribution in [0, 0.1) is 0 Å². The van der Waals surface area contributed by atoms with Gasteiger partial charge in [-0.25, -0.2) is 18.4 Å². The van der Waals surface area contributed by atoms with Crippen molar-refractivity contribution in [1.82, 2.24) is 9.97 Å². The highest BCUT2D eigenvalue weighted by molar-refractivity contribution is 7.93. The number of sulfonamides is 1. The molecule has 140 valence electrons. The highest BCUT2D eigenvalue weighted by Gasteiger charge is 2.18.